The van der Waals surface area contributed by atoms with E-state index >= 15 is 0 Å². The third-order valence-corrected chi connectivity index (χ3v) is 4.04. The van der Waals surface area contributed by atoms with Gasteiger partial charge in [-0.3, -0.25) is 4.90 Å². The summed E-state index contributed by atoms with van der Waals surface area (Å²) < 4.78 is 6.00. The molecule has 0 aliphatic carbocycles. The largest absolute Gasteiger partial charge is 0.370 e. The maximum Gasteiger partial charge on any atom is 0.0757 e. The molecule has 0 aromatic heterocycles. The van der Waals surface area contributed by atoms with E-state index in [9.17, 15) is 0 Å². The smallest absolute Gasteiger partial charge is 0.0757 e. The zero-order valence-corrected chi connectivity index (χ0v) is 13.4. The zero-order chi connectivity index (χ0) is 14.9. The van der Waals surface area contributed by atoms with Crippen molar-refractivity contribution in [1.29, 1.82) is 0 Å². The number of hydrogen-bond donors (Lipinski definition) is 1. The average Bonchev–Trinajstić information content (AvgIpc) is 2.30. The van der Waals surface area contributed by atoms with Crippen molar-refractivity contribution in [3.63, 3.8) is 0 Å². The number of ether oxygens (including phenoxy) is 1. The van der Waals surface area contributed by atoms with Gasteiger partial charge in [0.15, 0.2) is 0 Å². The van der Waals surface area contributed by atoms with E-state index in [0.717, 1.165) is 13.1 Å². The van der Waals surface area contributed by atoms with Crippen molar-refractivity contribution in [1.82, 2.24) is 4.90 Å². The van der Waals surface area contributed by atoms with Crippen molar-refractivity contribution in [2.24, 2.45) is 5.73 Å². The third kappa shape index (κ3) is 3.40. The number of rotatable bonds is 3. The lowest BCUT2D eigenvalue weighted by atomic mass is 9.95. The number of hydrogen-bond acceptors (Lipinski definition) is 3. The number of nitrogens with zero attached hydrogens (tertiary/aromatic N) is 1. The molecule has 1 saturated heterocycles. The number of aryl methyl sites for hydroxylation is 2. The SMILES string of the molecule is Cc1ccc(C(CN)N2CC(C)OC(C)(C)C2)c(C)c1. The Kier molecular flexibility index (Phi) is 4.52. The molecule has 0 radical (unpaired) electrons. The Morgan fingerprint density at radius 3 is 2.65 bits per heavy atom. The van der Waals surface area contributed by atoms with E-state index in [-0.39, 0.29) is 17.7 Å². The van der Waals surface area contributed by atoms with Crippen LogP contribution in [0.4, 0.5) is 0 Å². The maximum absolute atomic E-state index is 6.09. The summed E-state index contributed by atoms with van der Waals surface area (Å²) in [4.78, 5) is 2.48. The van der Waals surface area contributed by atoms with Gasteiger partial charge < -0.3 is 10.5 Å². The lowest BCUT2D eigenvalue weighted by Crippen LogP contribution is -2.54. The summed E-state index contributed by atoms with van der Waals surface area (Å²) in [6.07, 6.45) is 0.249. The van der Waals surface area contributed by atoms with Crippen LogP contribution < -0.4 is 5.73 Å². The molecule has 2 N–H and O–H groups in total. The molecule has 0 bridgehead atoms. The summed E-state index contributed by atoms with van der Waals surface area (Å²) in [5.41, 5.74) is 9.97. The van der Waals surface area contributed by atoms with E-state index in [4.69, 9.17) is 10.5 Å². The Morgan fingerprint density at radius 2 is 2.10 bits per heavy atom. The van der Waals surface area contributed by atoms with Crippen LogP contribution in [-0.2, 0) is 4.74 Å². The van der Waals surface area contributed by atoms with Gasteiger partial charge in [-0.2, -0.15) is 0 Å². The molecule has 20 heavy (non-hydrogen) atoms. The predicted octanol–water partition coefficient (Wildman–Crippen LogP) is 2.80. The lowest BCUT2D eigenvalue weighted by molar-refractivity contribution is -0.137. The molecule has 112 valence electrons. The second kappa shape index (κ2) is 5.84. The topological polar surface area (TPSA) is 38.5 Å². The van der Waals surface area contributed by atoms with E-state index in [1.165, 1.54) is 16.7 Å². The molecule has 0 saturated carbocycles. The van der Waals surface area contributed by atoms with Gasteiger partial charge in [-0.1, -0.05) is 23.8 Å². The first-order valence-electron chi connectivity index (χ1n) is 7.51. The first-order chi connectivity index (χ1) is 9.32. The van der Waals surface area contributed by atoms with Crippen LogP contribution in [0.3, 0.4) is 0 Å². The molecule has 0 amide bonds. The Bertz CT molecular complexity index is 470. The van der Waals surface area contributed by atoms with Crippen LogP contribution in [0.5, 0.6) is 0 Å². The molecular weight excluding hydrogens is 248 g/mol. The highest BCUT2D eigenvalue weighted by Crippen LogP contribution is 2.30. The molecule has 2 rings (SSSR count). The predicted molar refractivity (Wildman–Crippen MR) is 83.9 cm³/mol. The van der Waals surface area contributed by atoms with Crippen molar-refractivity contribution in [3.05, 3.63) is 34.9 Å². The molecule has 1 aromatic carbocycles. The fourth-order valence-corrected chi connectivity index (χ4v) is 3.41. The highest BCUT2D eigenvalue weighted by atomic mass is 16.5. The van der Waals surface area contributed by atoms with E-state index in [1.54, 1.807) is 0 Å². The van der Waals surface area contributed by atoms with Crippen molar-refractivity contribution in [2.45, 2.75) is 52.4 Å². The molecule has 3 heteroatoms. The minimum absolute atomic E-state index is 0.107. The highest BCUT2D eigenvalue weighted by Gasteiger charge is 2.35. The molecule has 1 aliphatic heterocycles. The Hall–Kier alpha value is -0.900. The van der Waals surface area contributed by atoms with Crippen LogP contribution in [0.1, 0.15) is 43.5 Å². The molecule has 1 heterocycles. The van der Waals surface area contributed by atoms with E-state index in [0.29, 0.717) is 6.54 Å². The van der Waals surface area contributed by atoms with Gasteiger partial charge in [0.05, 0.1) is 11.7 Å². The number of nitrogens with two attached hydrogens (primary N) is 1. The van der Waals surface area contributed by atoms with Gasteiger partial charge in [-0.15, -0.1) is 0 Å². The second-order valence-corrected chi connectivity index (χ2v) is 6.73. The molecule has 3 nitrogen and oxygen atoms in total. The molecule has 1 aromatic rings. The highest BCUT2D eigenvalue weighted by molar-refractivity contribution is 5.33. The summed E-state index contributed by atoms with van der Waals surface area (Å²) in [7, 11) is 0. The number of morpholine rings is 1. The van der Waals surface area contributed by atoms with Crippen molar-refractivity contribution in [2.75, 3.05) is 19.6 Å². The number of benzene rings is 1. The molecule has 2 atom stereocenters. The minimum Gasteiger partial charge on any atom is -0.370 e. The fraction of sp³-hybridized carbons (Fsp3) is 0.647. The van der Waals surface area contributed by atoms with Gasteiger partial charge in [-0.05, 0) is 45.7 Å². The van der Waals surface area contributed by atoms with E-state index in [1.807, 2.05) is 0 Å². The van der Waals surface area contributed by atoms with Crippen LogP contribution in [0.25, 0.3) is 0 Å². The lowest BCUT2D eigenvalue weighted by Gasteiger charge is -2.45. The van der Waals surface area contributed by atoms with Crippen molar-refractivity contribution in [3.8, 4) is 0 Å². The minimum atomic E-state index is -0.107. The molecule has 2 unspecified atom stereocenters. The van der Waals surface area contributed by atoms with Crippen LogP contribution >= 0.6 is 0 Å². The van der Waals surface area contributed by atoms with E-state index < -0.39 is 0 Å². The van der Waals surface area contributed by atoms with Crippen LogP contribution in [0.2, 0.25) is 0 Å². The average molecular weight is 276 g/mol. The van der Waals surface area contributed by atoms with Gasteiger partial charge in [0.25, 0.3) is 0 Å². The Labute approximate surface area is 123 Å². The Balaban J connectivity index is 2.27. The third-order valence-electron chi connectivity index (χ3n) is 4.04. The summed E-state index contributed by atoms with van der Waals surface area (Å²) >= 11 is 0. The first kappa shape index (κ1) is 15.5. The van der Waals surface area contributed by atoms with E-state index in [2.05, 4.69) is 57.7 Å². The van der Waals surface area contributed by atoms with Gasteiger partial charge in [0, 0.05) is 25.7 Å². The van der Waals surface area contributed by atoms with Crippen molar-refractivity contribution < 1.29 is 4.74 Å². The van der Waals surface area contributed by atoms with Gasteiger partial charge in [0.1, 0.15) is 0 Å². The van der Waals surface area contributed by atoms with Crippen LogP contribution in [0.15, 0.2) is 18.2 Å². The molecule has 1 aliphatic rings. The standard InChI is InChI=1S/C17H28N2O/c1-12-6-7-15(13(2)8-12)16(9-18)19-10-14(3)20-17(4,5)11-19/h6-8,14,16H,9-11,18H2,1-5H3. The molecule has 0 spiro atoms. The van der Waals surface area contributed by atoms with Gasteiger partial charge in [-0.25, -0.2) is 0 Å². The fourth-order valence-electron chi connectivity index (χ4n) is 3.41. The van der Waals surface area contributed by atoms with Gasteiger partial charge in [0.2, 0.25) is 0 Å². The summed E-state index contributed by atoms with van der Waals surface area (Å²) in [6, 6.07) is 6.93. The van der Waals surface area contributed by atoms with Crippen LogP contribution in [-0.4, -0.2) is 36.2 Å². The summed E-state index contributed by atoms with van der Waals surface area (Å²) in [5.74, 6) is 0. The summed E-state index contributed by atoms with van der Waals surface area (Å²) in [6.45, 7) is 13.3. The monoisotopic (exact) mass is 276 g/mol. The van der Waals surface area contributed by atoms with Gasteiger partial charge >= 0.3 is 0 Å². The van der Waals surface area contributed by atoms with Crippen molar-refractivity contribution >= 4 is 0 Å². The zero-order valence-electron chi connectivity index (χ0n) is 13.4. The van der Waals surface area contributed by atoms with Crippen LogP contribution in [0, 0.1) is 13.8 Å². The Morgan fingerprint density at radius 1 is 1.40 bits per heavy atom. The molecule has 1 fully saturated rings. The normalized spacial score (nSPS) is 24.6. The maximum atomic E-state index is 6.09. The quantitative estimate of drug-likeness (QED) is 0.922. The second-order valence-electron chi connectivity index (χ2n) is 6.73. The molecular formula is C17H28N2O. The first-order valence-corrected chi connectivity index (χ1v) is 7.51. The summed E-state index contributed by atoms with van der Waals surface area (Å²) in [5, 5.41) is 0.